The minimum atomic E-state index is -0.375. The zero-order chi connectivity index (χ0) is 18.8. The highest BCUT2D eigenvalue weighted by Gasteiger charge is 2.23. The first-order valence-electron chi connectivity index (χ1n) is 8.74. The third-order valence-corrected chi connectivity index (χ3v) is 5.23. The summed E-state index contributed by atoms with van der Waals surface area (Å²) in [5.74, 6) is 0. The van der Waals surface area contributed by atoms with Crippen molar-refractivity contribution in [1.82, 2.24) is 19.7 Å². The van der Waals surface area contributed by atoms with Crippen LogP contribution in [0.15, 0.2) is 41.6 Å². The fourth-order valence-corrected chi connectivity index (χ4v) is 3.71. The van der Waals surface area contributed by atoms with E-state index in [-0.39, 0.29) is 10.6 Å². The monoisotopic (exact) mass is 385 g/mol. The Labute approximate surface area is 161 Å². The molecule has 4 rings (SSSR count). The van der Waals surface area contributed by atoms with Crippen molar-refractivity contribution in [2.75, 3.05) is 18.6 Å². The molecular weight excluding hydrogens is 366 g/mol. The minimum absolute atomic E-state index is 0.168. The summed E-state index contributed by atoms with van der Waals surface area (Å²) in [6.07, 6.45) is 4.30. The van der Waals surface area contributed by atoms with E-state index in [2.05, 4.69) is 31.9 Å². The van der Waals surface area contributed by atoms with Crippen molar-refractivity contribution in [2.45, 2.75) is 26.1 Å². The average Bonchev–Trinajstić information content (AvgIpc) is 3.08. The van der Waals surface area contributed by atoms with Gasteiger partial charge in [0.2, 0.25) is 0 Å². The predicted octanol–water partition coefficient (Wildman–Crippen LogP) is 2.38. The number of anilines is 1. The highest BCUT2D eigenvalue weighted by atomic mass is 35.5. The van der Waals surface area contributed by atoms with E-state index >= 15 is 0 Å². The van der Waals surface area contributed by atoms with E-state index < -0.39 is 0 Å². The van der Waals surface area contributed by atoms with Crippen LogP contribution < -0.4 is 10.5 Å². The summed E-state index contributed by atoms with van der Waals surface area (Å²) in [5, 5.41) is 6.38. The molecule has 1 aromatic carbocycles. The Bertz CT molecular complexity index is 1010. The van der Waals surface area contributed by atoms with Crippen LogP contribution in [0.25, 0.3) is 0 Å². The molecule has 0 amide bonds. The first-order valence-corrected chi connectivity index (χ1v) is 9.12. The number of rotatable bonds is 5. The van der Waals surface area contributed by atoms with Gasteiger partial charge in [0, 0.05) is 32.3 Å². The number of hydrogen-bond donors (Lipinski definition) is 1. The number of fused-ring (bicyclic) bond motifs is 1. The number of benzene rings is 1. The minimum Gasteiger partial charge on any atom is -0.380 e. The Balaban J connectivity index is 1.57. The Kier molecular flexibility index (Phi) is 4.96. The van der Waals surface area contributed by atoms with Gasteiger partial charge in [-0.25, -0.2) is 10.1 Å². The van der Waals surface area contributed by atoms with Gasteiger partial charge in [-0.05, 0) is 11.1 Å². The highest BCUT2D eigenvalue weighted by Crippen LogP contribution is 2.27. The molecule has 0 unspecified atom stereocenters. The Morgan fingerprint density at radius 1 is 1.30 bits per heavy atom. The molecule has 8 heteroatoms. The van der Waals surface area contributed by atoms with Gasteiger partial charge in [0.25, 0.3) is 5.56 Å². The number of nitrogens with one attached hydrogen (secondary N) is 1. The number of methoxy groups -OCH3 is 1. The lowest BCUT2D eigenvalue weighted by molar-refractivity contribution is 0.184. The van der Waals surface area contributed by atoms with Crippen molar-refractivity contribution in [3.05, 3.63) is 74.7 Å². The number of nitrogens with zero attached hydrogens (tertiary/aromatic N) is 4. The molecular formula is C19H20ClN5O2. The first kappa shape index (κ1) is 17.8. The normalized spacial score (nSPS) is 13.6. The molecule has 0 aliphatic carbocycles. The van der Waals surface area contributed by atoms with Crippen LogP contribution in [-0.2, 0) is 30.9 Å². The van der Waals surface area contributed by atoms with Crippen LogP contribution in [0, 0.1) is 0 Å². The van der Waals surface area contributed by atoms with E-state index in [9.17, 15) is 4.79 Å². The molecule has 1 N–H and O–H groups in total. The van der Waals surface area contributed by atoms with Gasteiger partial charge in [-0.1, -0.05) is 35.9 Å². The molecule has 1 aliphatic rings. The number of ether oxygens (including phenoxy) is 1. The van der Waals surface area contributed by atoms with E-state index in [4.69, 9.17) is 16.3 Å². The van der Waals surface area contributed by atoms with Crippen LogP contribution in [0.4, 0.5) is 5.69 Å². The van der Waals surface area contributed by atoms with E-state index in [1.54, 1.807) is 13.3 Å². The number of H-pyrrole nitrogens is 1. The van der Waals surface area contributed by atoms with Crippen LogP contribution in [0.2, 0.25) is 5.02 Å². The largest absolute Gasteiger partial charge is 0.380 e. The molecule has 0 spiro atoms. The van der Waals surface area contributed by atoms with Crippen molar-refractivity contribution < 1.29 is 4.74 Å². The van der Waals surface area contributed by atoms with Crippen LogP contribution in [-0.4, -0.2) is 33.4 Å². The van der Waals surface area contributed by atoms with E-state index in [0.717, 1.165) is 25.2 Å². The lowest BCUT2D eigenvalue weighted by Gasteiger charge is -2.29. The first-order chi connectivity index (χ1) is 13.2. The van der Waals surface area contributed by atoms with Gasteiger partial charge < -0.3 is 14.2 Å². The molecule has 3 heterocycles. The third-order valence-electron chi connectivity index (χ3n) is 4.87. The number of aromatic amines is 1. The average molecular weight is 386 g/mol. The third kappa shape index (κ3) is 3.48. The second-order valence-electron chi connectivity index (χ2n) is 6.54. The smallest absolute Gasteiger partial charge is 0.285 e. The molecule has 0 saturated carbocycles. The van der Waals surface area contributed by atoms with Gasteiger partial charge in [0.05, 0.1) is 37.1 Å². The molecule has 0 radical (unpaired) electrons. The predicted molar refractivity (Wildman–Crippen MR) is 103 cm³/mol. The summed E-state index contributed by atoms with van der Waals surface area (Å²) in [7, 11) is 1.71. The Hall–Kier alpha value is -2.64. The molecule has 0 fully saturated rings. The van der Waals surface area contributed by atoms with Crippen molar-refractivity contribution in [3.63, 3.8) is 0 Å². The molecule has 27 heavy (non-hydrogen) atoms. The summed E-state index contributed by atoms with van der Waals surface area (Å²) >= 11 is 6.15. The summed E-state index contributed by atoms with van der Waals surface area (Å²) in [5.41, 5.74) is 4.89. The van der Waals surface area contributed by atoms with Gasteiger partial charge in [-0.3, -0.25) is 4.79 Å². The van der Waals surface area contributed by atoms with Crippen molar-refractivity contribution in [1.29, 1.82) is 0 Å². The van der Waals surface area contributed by atoms with Crippen LogP contribution in [0.5, 0.6) is 0 Å². The lowest BCUT2D eigenvalue weighted by Crippen LogP contribution is -2.32. The standard InChI is InChI=1S/C19H20ClN5O2/c1-27-11-14-5-3-2-4-13(14)9-25-12-21-15-10-24(7-6-16(15)25)17-8-22-23-19(26)18(17)20/h2-5,8,12H,6-7,9-11H2,1H3,(H,23,26). The Morgan fingerprint density at radius 2 is 2.11 bits per heavy atom. The number of imidazole rings is 1. The van der Waals surface area contributed by atoms with E-state index in [0.29, 0.717) is 18.8 Å². The zero-order valence-electron chi connectivity index (χ0n) is 15.0. The molecule has 3 aromatic rings. The second kappa shape index (κ2) is 7.54. The SMILES string of the molecule is COCc1ccccc1Cn1cnc2c1CCN(c1cn[nH]c(=O)c1Cl)C2. The summed E-state index contributed by atoms with van der Waals surface area (Å²) in [6, 6.07) is 8.28. The quantitative estimate of drug-likeness (QED) is 0.729. The molecule has 0 atom stereocenters. The molecule has 2 aromatic heterocycles. The van der Waals surface area contributed by atoms with Crippen LogP contribution >= 0.6 is 11.6 Å². The fraction of sp³-hybridized carbons (Fsp3) is 0.316. The Morgan fingerprint density at radius 3 is 2.93 bits per heavy atom. The summed E-state index contributed by atoms with van der Waals surface area (Å²) in [6.45, 7) is 2.71. The maximum Gasteiger partial charge on any atom is 0.285 e. The van der Waals surface area contributed by atoms with Gasteiger partial charge in [0.15, 0.2) is 0 Å². The number of aromatic nitrogens is 4. The van der Waals surface area contributed by atoms with Crippen molar-refractivity contribution >= 4 is 17.3 Å². The second-order valence-corrected chi connectivity index (χ2v) is 6.92. The van der Waals surface area contributed by atoms with Crippen LogP contribution in [0.1, 0.15) is 22.5 Å². The van der Waals surface area contributed by atoms with Gasteiger partial charge >= 0.3 is 0 Å². The van der Waals surface area contributed by atoms with Gasteiger partial charge in [0.1, 0.15) is 5.02 Å². The molecule has 140 valence electrons. The molecule has 0 saturated heterocycles. The summed E-state index contributed by atoms with van der Waals surface area (Å²) in [4.78, 5) is 18.4. The van der Waals surface area contributed by atoms with Crippen molar-refractivity contribution in [2.24, 2.45) is 0 Å². The van der Waals surface area contributed by atoms with Crippen molar-refractivity contribution in [3.8, 4) is 0 Å². The van der Waals surface area contributed by atoms with Gasteiger partial charge in [-0.2, -0.15) is 5.10 Å². The molecule has 1 aliphatic heterocycles. The van der Waals surface area contributed by atoms with Crippen LogP contribution in [0.3, 0.4) is 0 Å². The maximum absolute atomic E-state index is 11.7. The maximum atomic E-state index is 11.7. The topological polar surface area (TPSA) is 76.0 Å². The van der Waals surface area contributed by atoms with E-state index in [1.165, 1.54) is 16.8 Å². The molecule has 0 bridgehead atoms. The number of halogens is 1. The fourth-order valence-electron chi connectivity index (χ4n) is 3.50. The number of hydrogen-bond acceptors (Lipinski definition) is 5. The van der Waals surface area contributed by atoms with Gasteiger partial charge in [-0.15, -0.1) is 0 Å². The molecule has 7 nitrogen and oxygen atoms in total. The lowest BCUT2D eigenvalue weighted by atomic mass is 10.1. The summed E-state index contributed by atoms with van der Waals surface area (Å²) < 4.78 is 7.50. The zero-order valence-corrected chi connectivity index (χ0v) is 15.7. The highest BCUT2D eigenvalue weighted by molar-refractivity contribution is 6.32. The van der Waals surface area contributed by atoms with E-state index in [1.807, 2.05) is 23.4 Å².